The molecule has 0 fully saturated rings. The fourth-order valence-electron chi connectivity index (χ4n) is 1.04. The van der Waals surface area contributed by atoms with E-state index in [-0.39, 0.29) is 0 Å². The normalized spacial score (nSPS) is 9.62. The molecule has 0 saturated heterocycles. The van der Waals surface area contributed by atoms with Crippen LogP contribution in [0.3, 0.4) is 0 Å². The van der Waals surface area contributed by atoms with Crippen molar-refractivity contribution < 1.29 is 9.78 Å². The molecule has 0 radical (unpaired) electrons. The van der Waals surface area contributed by atoms with Crippen molar-refractivity contribution in [2.45, 2.75) is 13.3 Å². The summed E-state index contributed by atoms with van der Waals surface area (Å²) in [7, 11) is 0. The maximum absolute atomic E-state index is 10.9. The molecule has 4 heteroatoms. The maximum atomic E-state index is 10.9. The quantitative estimate of drug-likeness (QED) is 0.705. The Bertz CT molecular complexity index is 299. The number of nitrogens with one attached hydrogen (secondary N) is 2. The van der Waals surface area contributed by atoms with Crippen LogP contribution in [0.4, 0.5) is 5.82 Å². The Kier molecular flexibility index (Phi) is 3.25. The molecule has 1 heterocycles. The first-order chi connectivity index (χ1) is 6.25. The molecule has 0 atom stereocenters. The van der Waals surface area contributed by atoms with E-state index in [0.29, 0.717) is 11.4 Å². The second kappa shape index (κ2) is 4.45. The number of carbonyl (C=O) groups is 1. The average molecular weight is 180 g/mol. The van der Waals surface area contributed by atoms with Crippen LogP contribution in [-0.4, -0.2) is 12.5 Å². The molecule has 0 saturated carbocycles. The number of hydrogen-bond acceptors (Lipinski definition) is 2. The summed E-state index contributed by atoms with van der Waals surface area (Å²) in [6.45, 7) is 2.88. The van der Waals surface area contributed by atoms with E-state index in [9.17, 15) is 4.79 Å². The molecule has 0 aromatic carbocycles. The summed E-state index contributed by atoms with van der Waals surface area (Å²) in [6, 6.07) is 3.44. The number of aromatic amines is 1. The third kappa shape index (κ3) is 2.43. The number of carbonyl (C=O) groups excluding carboxylic acids is 1. The highest BCUT2D eigenvalue weighted by molar-refractivity contribution is 5.96. The van der Waals surface area contributed by atoms with E-state index in [1.807, 2.05) is 0 Å². The molecule has 4 N–H and O–H groups in total. The molecular weight excluding hydrogens is 166 g/mol. The highest BCUT2D eigenvalue weighted by Crippen LogP contribution is 2.06. The van der Waals surface area contributed by atoms with Crippen LogP contribution in [0.2, 0.25) is 0 Å². The Hall–Kier alpha value is -1.58. The first kappa shape index (κ1) is 9.51. The summed E-state index contributed by atoms with van der Waals surface area (Å²) in [5, 5.41) is 3.09. The minimum Gasteiger partial charge on any atom is -0.365 e. The standard InChI is InChI=1S/C9H13N3O/c1-2-5-11-9-7(8(10)13)4-3-6-12-9/h3-4,6H,2,5H2,1H3,(H2,10,13)(H,11,12)/p+1. The van der Waals surface area contributed by atoms with E-state index < -0.39 is 5.91 Å². The molecule has 1 rings (SSSR count). The number of amides is 1. The second-order valence-electron chi connectivity index (χ2n) is 2.75. The van der Waals surface area contributed by atoms with Crippen LogP contribution in [0.5, 0.6) is 0 Å². The Labute approximate surface area is 77.2 Å². The molecule has 13 heavy (non-hydrogen) atoms. The highest BCUT2D eigenvalue weighted by atomic mass is 16.1. The zero-order valence-electron chi connectivity index (χ0n) is 7.63. The van der Waals surface area contributed by atoms with Gasteiger partial charge in [0, 0.05) is 0 Å². The second-order valence-corrected chi connectivity index (χ2v) is 2.75. The van der Waals surface area contributed by atoms with Gasteiger partial charge < -0.3 is 5.73 Å². The largest absolute Gasteiger partial charge is 0.365 e. The van der Waals surface area contributed by atoms with Gasteiger partial charge in [-0.1, -0.05) is 6.92 Å². The molecule has 0 spiro atoms. The van der Waals surface area contributed by atoms with Crippen LogP contribution in [-0.2, 0) is 0 Å². The van der Waals surface area contributed by atoms with Crippen molar-refractivity contribution in [3.63, 3.8) is 0 Å². The van der Waals surface area contributed by atoms with Crippen molar-refractivity contribution >= 4 is 11.7 Å². The minimum absolute atomic E-state index is 0.421. The predicted molar refractivity (Wildman–Crippen MR) is 50.3 cm³/mol. The molecule has 0 aliphatic heterocycles. The van der Waals surface area contributed by atoms with Crippen molar-refractivity contribution in [3.8, 4) is 0 Å². The Morgan fingerprint density at radius 1 is 1.69 bits per heavy atom. The van der Waals surface area contributed by atoms with Gasteiger partial charge in [-0.3, -0.25) is 10.1 Å². The molecule has 70 valence electrons. The first-order valence-corrected chi connectivity index (χ1v) is 4.30. The summed E-state index contributed by atoms with van der Waals surface area (Å²) in [4.78, 5) is 13.9. The fraction of sp³-hybridized carbons (Fsp3) is 0.333. The summed E-state index contributed by atoms with van der Waals surface area (Å²) in [5.41, 5.74) is 5.68. The topological polar surface area (TPSA) is 69.3 Å². The van der Waals surface area contributed by atoms with Crippen molar-refractivity contribution in [2.75, 3.05) is 11.9 Å². The number of primary amides is 1. The number of hydrogen-bond donors (Lipinski definition) is 2. The van der Waals surface area contributed by atoms with E-state index in [2.05, 4.69) is 17.2 Å². The van der Waals surface area contributed by atoms with Crippen molar-refractivity contribution in [1.29, 1.82) is 0 Å². The van der Waals surface area contributed by atoms with Gasteiger partial charge in [0.2, 0.25) is 0 Å². The highest BCUT2D eigenvalue weighted by Gasteiger charge is 2.12. The van der Waals surface area contributed by atoms with Gasteiger partial charge in [-0.05, 0) is 18.6 Å². The number of anilines is 1. The van der Waals surface area contributed by atoms with Crippen LogP contribution < -0.4 is 16.0 Å². The lowest BCUT2D eigenvalue weighted by molar-refractivity contribution is -0.361. The molecular formula is C9H14N3O+. The Morgan fingerprint density at radius 2 is 2.46 bits per heavy atom. The lowest BCUT2D eigenvalue weighted by Crippen LogP contribution is -2.21. The molecule has 0 aliphatic carbocycles. The van der Waals surface area contributed by atoms with Crippen molar-refractivity contribution in [2.24, 2.45) is 5.73 Å². The molecule has 1 amide bonds. The molecule has 1 aromatic heterocycles. The van der Waals surface area contributed by atoms with E-state index >= 15 is 0 Å². The number of pyridine rings is 1. The van der Waals surface area contributed by atoms with Gasteiger partial charge in [-0.15, -0.1) is 0 Å². The Morgan fingerprint density at radius 3 is 3.08 bits per heavy atom. The van der Waals surface area contributed by atoms with Gasteiger partial charge in [-0.25, -0.2) is 4.98 Å². The van der Waals surface area contributed by atoms with E-state index in [4.69, 9.17) is 5.73 Å². The van der Waals surface area contributed by atoms with Crippen molar-refractivity contribution in [1.82, 2.24) is 0 Å². The Balaban J connectivity index is 2.84. The first-order valence-electron chi connectivity index (χ1n) is 4.30. The molecule has 0 bridgehead atoms. The lowest BCUT2D eigenvalue weighted by atomic mass is 10.2. The molecule has 0 unspecified atom stereocenters. The number of H-pyrrole nitrogens is 1. The van der Waals surface area contributed by atoms with Crippen LogP contribution in [0, 0.1) is 0 Å². The van der Waals surface area contributed by atoms with Gasteiger partial charge in [0.15, 0.2) is 0 Å². The molecule has 0 aliphatic rings. The van der Waals surface area contributed by atoms with Gasteiger partial charge in [0.05, 0.1) is 12.7 Å². The number of rotatable bonds is 4. The zero-order chi connectivity index (χ0) is 9.68. The van der Waals surface area contributed by atoms with Crippen LogP contribution >= 0.6 is 0 Å². The smallest absolute Gasteiger partial charge is 0.285 e. The van der Waals surface area contributed by atoms with Gasteiger partial charge in [0.1, 0.15) is 5.56 Å². The van der Waals surface area contributed by atoms with E-state index in [1.54, 1.807) is 18.3 Å². The van der Waals surface area contributed by atoms with Crippen LogP contribution in [0.15, 0.2) is 18.3 Å². The maximum Gasteiger partial charge on any atom is 0.285 e. The van der Waals surface area contributed by atoms with E-state index in [1.165, 1.54) is 0 Å². The molecule has 1 aromatic rings. The summed E-state index contributed by atoms with van der Waals surface area (Å²) < 4.78 is 0. The summed E-state index contributed by atoms with van der Waals surface area (Å²) in [6.07, 6.45) is 2.76. The zero-order valence-corrected chi connectivity index (χ0v) is 7.63. The third-order valence-corrected chi connectivity index (χ3v) is 1.67. The monoisotopic (exact) mass is 180 g/mol. The SMILES string of the molecule is CCCNc1[nH+]cccc1C(N)=O. The van der Waals surface area contributed by atoms with Gasteiger partial charge in [0.25, 0.3) is 11.7 Å². The lowest BCUT2D eigenvalue weighted by Gasteiger charge is -1.99. The van der Waals surface area contributed by atoms with Crippen LogP contribution in [0.1, 0.15) is 23.7 Å². The van der Waals surface area contributed by atoms with Crippen LogP contribution in [0.25, 0.3) is 0 Å². The predicted octanol–water partition coefficient (Wildman–Crippen LogP) is 0.421. The van der Waals surface area contributed by atoms with Gasteiger partial charge >= 0.3 is 0 Å². The number of nitrogens with two attached hydrogens (primary N) is 1. The number of aromatic nitrogens is 1. The average Bonchev–Trinajstić information content (AvgIpc) is 2.15. The molecule has 4 nitrogen and oxygen atoms in total. The fourth-order valence-corrected chi connectivity index (χ4v) is 1.04. The third-order valence-electron chi connectivity index (χ3n) is 1.67. The van der Waals surface area contributed by atoms with Gasteiger partial charge in [-0.2, -0.15) is 0 Å². The minimum atomic E-state index is -0.421. The summed E-state index contributed by atoms with van der Waals surface area (Å²) >= 11 is 0. The van der Waals surface area contributed by atoms with E-state index in [0.717, 1.165) is 13.0 Å². The summed E-state index contributed by atoms with van der Waals surface area (Å²) in [5.74, 6) is 0.271. The van der Waals surface area contributed by atoms with Crippen molar-refractivity contribution in [3.05, 3.63) is 23.9 Å².